The van der Waals surface area contributed by atoms with Gasteiger partial charge in [-0.05, 0) is 48.8 Å². The number of aryl methyl sites for hydroxylation is 1. The molecule has 1 atom stereocenters. The van der Waals surface area contributed by atoms with Crippen LogP contribution in [-0.4, -0.2) is 4.98 Å². The largest absolute Gasteiger partial charge is 0.264 e. The number of hydrogen-bond donors (Lipinski definition) is 0. The Labute approximate surface area is 80.2 Å². The first-order valence-electron chi connectivity index (χ1n) is 5.34. The summed E-state index contributed by atoms with van der Waals surface area (Å²) in [5, 5.41) is 0. The first kappa shape index (κ1) is 8.74. The first-order chi connectivity index (χ1) is 6.42. The van der Waals surface area contributed by atoms with Crippen molar-refractivity contribution in [1.29, 1.82) is 0 Å². The van der Waals surface area contributed by atoms with E-state index in [0.717, 1.165) is 5.92 Å². The van der Waals surface area contributed by atoms with Crippen molar-refractivity contribution in [2.45, 2.75) is 44.9 Å². The minimum Gasteiger partial charge on any atom is -0.264 e. The molecule has 0 amide bonds. The quantitative estimate of drug-likeness (QED) is 0.672. The summed E-state index contributed by atoms with van der Waals surface area (Å²) in [6.45, 7) is 2.27. The van der Waals surface area contributed by atoms with E-state index in [9.17, 15) is 0 Å². The van der Waals surface area contributed by atoms with E-state index in [4.69, 9.17) is 0 Å². The molecular formula is C12H17N. The Morgan fingerprint density at radius 3 is 3.31 bits per heavy atom. The highest BCUT2D eigenvalue weighted by Gasteiger charge is 2.18. The monoisotopic (exact) mass is 175 g/mol. The molecule has 0 saturated carbocycles. The molecule has 1 aromatic rings. The smallest absolute Gasteiger partial charge is 0.0305 e. The van der Waals surface area contributed by atoms with Crippen LogP contribution < -0.4 is 0 Å². The molecule has 0 radical (unpaired) electrons. The van der Waals surface area contributed by atoms with E-state index in [2.05, 4.69) is 24.2 Å². The van der Waals surface area contributed by atoms with Crippen LogP contribution >= 0.6 is 0 Å². The molecule has 1 unspecified atom stereocenters. The third-order valence-corrected chi connectivity index (χ3v) is 3.02. The van der Waals surface area contributed by atoms with Gasteiger partial charge >= 0.3 is 0 Å². The van der Waals surface area contributed by atoms with Crippen LogP contribution in [0.5, 0.6) is 0 Å². The van der Waals surface area contributed by atoms with Gasteiger partial charge in [0.2, 0.25) is 0 Å². The zero-order chi connectivity index (χ0) is 9.10. The van der Waals surface area contributed by atoms with Crippen LogP contribution in [0.25, 0.3) is 0 Å². The fourth-order valence-corrected chi connectivity index (χ4v) is 2.37. The van der Waals surface area contributed by atoms with Gasteiger partial charge in [-0.1, -0.05) is 13.3 Å². The fraction of sp³-hybridized carbons (Fsp3) is 0.583. The van der Waals surface area contributed by atoms with Gasteiger partial charge in [0.25, 0.3) is 0 Å². The van der Waals surface area contributed by atoms with Crippen LogP contribution in [0.1, 0.15) is 49.7 Å². The molecule has 1 aliphatic carbocycles. The second-order valence-corrected chi connectivity index (χ2v) is 3.95. The van der Waals surface area contributed by atoms with Gasteiger partial charge in [0.15, 0.2) is 0 Å². The van der Waals surface area contributed by atoms with Crippen LogP contribution in [0.2, 0.25) is 0 Å². The van der Waals surface area contributed by atoms with E-state index in [1.807, 2.05) is 6.20 Å². The molecule has 1 nitrogen and oxygen atoms in total. The molecule has 1 heterocycles. The average Bonchev–Trinajstić information content (AvgIpc) is 2.19. The van der Waals surface area contributed by atoms with Gasteiger partial charge in [-0.3, -0.25) is 4.98 Å². The van der Waals surface area contributed by atoms with E-state index in [1.165, 1.54) is 37.7 Å². The molecule has 0 fully saturated rings. The summed E-state index contributed by atoms with van der Waals surface area (Å²) in [4.78, 5) is 4.23. The molecule has 0 saturated heterocycles. The Morgan fingerprint density at radius 1 is 1.54 bits per heavy atom. The minimum absolute atomic E-state index is 0.794. The lowest BCUT2D eigenvalue weighted by Crippen LogP contribution is -2.09. The van der Waals surface area contributed by atoms with Gasteiger partial charge in [-0.15, -0.1) is 0 Å². The molecule has 1 heteroatoms. The van der Waals surface area contributed by atoms with Crippen LogP contribution in [0, 0.1) is 0 Å². The topological polar surface area (TPSA) is 12.9 Å². The number of aromatic nitrogens is 1. The lowest BCUT2D eigenvalue weighted by atomic mass is 9.82. The molecule has 13 heavy (non-hydrogen) atoms. The molecule has 1 aliphatic rings. The highest BCUT2D eigenvalue weighted by molar-refractivity contribution is 5.29. The minimum atomic E-state index is 0.794. The lowest BCUT2D eigenvalue weighted by Gasteiger charge is -2.24. The summed E-state index contributed by atoms with van der Waals surface area (Å²) in [5.41, 5.74) is 3.07. The molecular weight excluding hydrogens is 158 g/mol. The number of rotatable bonds is 2. The Balaban J connectivity index is 2.26. The maximum atomic E-state index is 4.23. The van der Waals surface area contributed by atoms with Crippen LogP contribution in [0.3, 0.4) is 0 Å². The second-order valence-electron chi connectivity index (χ2n) is 3.95. The average molecular weight is 175 g/mol. The van der Waals surface area contributed by atoms with Crippen molar-refractivity contribution in [1.82, 2.24) is 4.98 Å². The zero-order valence-electron chi connectivity index (χ0n) is 8.29. The molecule has 0 aliphatic heterocycles. The summed E-state index contributed by atoms with van der Waals surface area (Å²) in [6, 6.07) is 2.19. The lowest BCUT2D eigenvalue weighted by molar-refractivity contribution is 0.513. The molecule has 0 aromatic carbocycles. The fourth-order valence-electron chi connectivity index (χ4n) is 2.37. The van der Waals surface area contributed by atoms with Crippen molar-refractivity contribution >= 4 is 0 Å². The van der Waals surface area contributed by atoms with Crippen molar-refractivity contribution in [3.8, 4) is 0 Å². The first-order valence-corrected chi connectivity index (χ1v) is 5.34. The van der Waals surface area contributed by atoms with Crippen molar-refractivity contribution in [3.63, 3.8) is 0 Å². The van der Waals surface area contributed by atoms with Crippen LogP contribution in [0.15, 0.2) is 18.5 Å². The van der Waals surface area contributed by atoms with Gasteiger partial charge in [-0.25, -0.2) is 0 Å². The van der Waals surface area contributed by atoms with Crippen molar-refractivity contribution < 1.29 is 0 Å². The molecule has 0 bridgehead atoms. The highest BCUT2D eigenvalue weighted by atomic mass is 14.6. The van der Waals surface area contributed by atoms with E-state index < -0.39 is 0 Å². The van der Waals surface area contributed by atoms with E-state index in [1.54, 1.807) is 5.56 Å². The summed E-state index contributed by atoms with van der Waals surface area (Å²) >= 11 is 0. The van der Waals surface area contributed by atoms with Crippen LogP contribution in [-0.2, 0) is 6.42 Å². The summed E-state index contributed by atoms with van der Waals surface area (Å²) < 4.78 is 0. The Kier molecular flexibility index (Phi) is 2.62. The Hall–Kier alpha value is -0.850. The van der Waals surface area contributed by atoms with Gasteiger partial charge in [0.1, 0.15) is 0 Å². The van der Waals surface area contributed by atoms with E-state index >= 15 is 0 Å². The number of fused-ring (bicyclic) bond motifs is 1. The standard InChI is InChI=1S/C12H17N/c1-2-4-10-5-3-6-11-7-8-13-9-12(10)11/h7-10H,2-6H2,1H3. The second kappa shape index (κ2) is 3.91. The molecule has 0 spiro atoms. The van der Waals surface area contributed by atoms with E-state index in [-0.39, 0.29) is 0 Å². The van der Waals surface area contributed by atoms with E-state index in [0.29, 0.717) is 0 Å². The van der Waals surface area contributed by atoms with Crippen LogP contribution in [0.4, 0.5) is 0 Å². The molecule has 1 aromatic heterocycles. The van der Waals surface area contributed by atoms with Crippen molar-refractivity contribution in [3.05, 3.63) is 29.6 Å². The zero-order valence-corrected chi connectivity index (χ0v) is 8.29. The number of pyridine rings is 1. The molecule has 70 valence electrons. The summed E-state index contributed by atoms with van der Waals surface area (Å²) in [7, 11) is 0. The SMILES string of the molecule is CCCC1CCCc2ccncc21. The van der Waals surface area contributed by atoms with Gasteiger partial charge in [0, 0.05) is 12.4 Å². The highest BCUT2D eigenvalue weighted by Crippen LogP contribution is 2.33. The van der Waals surface area contributed by atoms with Gasteiger partial charge < -0.3 is 0 Å². The third-order valence-electron chi connectivity index (χ3n) is 3.02. The normalized spacial score (nSPS) is 21.2. The maximum Gasteiger partial charge on any atom is 0.0305 e. The number of hydrogen-bond acceptors (Lipinski definition) is 1. The predicted molar refractivity (Wildman–Crippen MR) is 54.8 cm³/mol. The van der Waals surface area contributed by atoms with Gasteiger partial charge in [0.05, 0.1) is 0 Å². The predicted octanol–water partition coefficient (Wildman–Crippen LogP) is 3.30. The summed E-state index contributed by atoms with van der Waals surface area (Å²) in [5.74, 6) is 0.794. The molecule has 0 N–H and O–H groups in total. The van der Waals surface area contributed by atoms with Crippen molar-refractivity contribution in [2.24, 2.45) is 0 Å². The Morgan fingerprint density at radius 2 is 2.46 bits per heavy atom. The number of nitrogens with zero attached hydrogens (tertiary/aromatic N) is 1. The Bertz CT molecular complexity index is 280. The molecule has 2 rings (SSSR count). The van der Waals surface area contributed by atoms with Crippen molar-refractivity contribution in [2.75, 3.05) is 0 Å². The third kappa shape index (κ3) is 1.74. The maximum absolute atomic E-state index is 4.23. The van der Waals surface area contributed by atoms with Gasteiger partial charge in [-0.2, -0.15) is 0 Å². The summed E-state index contributed by atoms with van der Waals surface area (Å²) in [6.07, 6.45) is 10.6.